The predicted molar refractivity (Wildman–Crippen MR) is 95.5 cm³/mol. The van der Waals surface area contributed by atoms with Crippen molar-refractivity contribution in [2.24, 2.45) is 0 Å². The van der Waals surface area contributed by atoms with Gasteiger partial charge < -0.3 is 20.1 Å². The highest BCUT2D eigenvalue weighted by molar-refractivity contribution is 6.39. The molecule has 0 saturated carbocycles. The maximum absolute atomic E-state index is 11.7. The molecule has 3 N–H and O–H groups in total. The lowest BCUT2D eigenvalue weighted by atomic mass is 10.1. The molecule has 134 valence electrons. The summed E-state index contributed by atoms with van der Waals surface area (Å²) in [5.74, 6) is -1.67. The zero-order valence-electron chi connectivity index (χ0n) is 13.0. The Labute approximate surface area is 155 Å². The number of fused-ring (bicyclic) bond motifs is 1. The number of ether oxygens (including phenoxy) is 1. The fourth-order valence-corrected chi connectivity index (χ4v) is 2.85. The number of H-pyrrole nitrogens is 1. The first-order valence-corrected chi connectivity index (χ1v) is 7.78. The third-order valence-electron chi connectivity index (χ3n) is 3.52. The largest absolute Gasteiger partial charge is 0.501 e. The second kappa shape index (κ2) is 6.70. The van der Waals surface area contributed by atoms with Crippen molar-refractivity contribution in [3.63, 3.8) is 0 Å². The lowest BCUT2D eigenvalue weighted by molar-refractivity contribution is -0.384. The molecule has 0 aliphatic heterocycles. The number of carbonyl (C=O) groups is 1. The summed E-state index contributed by atoms with van der Waals surface area (Å²) < 4.78 is 4.52. The van der Waals surface area contributed by atoms with E-state index in [0.29, 0.717) is 15.7 Å². The van der Waals surface area contributed by atoms with Gasteiger partial charge in [-0.3, -0.25) is 10.1 Å². The Morgan fingerprint density at radius 3 is 2.62 bits per heavy atom. The molecule has 0 radical (unpaired) electrons. The second-order valence-electron chi connectivity index (χ2n) is 5.07. The summed E-state index contributed by atoms with van der Waals surface area (Å²) in [6.45, 7) is 0. The fourth-order valence-electron chi connectivity index (χ4n) is 2.36. The van der Waals surface area contributed by atoms with Gasteiger partial charge in [-0.15, -0.1) is 0 Å². The number of carbonyl (C=O) groups excluding carboxylic acids is 1. The van der Waals surface area contributed by atoms with Gasteiger partial charge in [-0.25, -0.2) is 9.78 Å². The summed E-state index contributed by atoms with van der Waals surface area (Å²) >= 11 is 12.1. The standard InChI is InChI=1S/C15H10Cl2N4O5/c1-26-14(23)6-5-9-11(12(13(6)22)21(24)25)20-15(18-9)19-10-7(16)3-2-4-8(10)17/h2-5,22H,1H3,(H2,18,19,20). The highest BCUT2D eigenvalue weighted by Gasteiger charge is 2.28. The SMILES string of the molecule is COC(=O)c1cc2nc(Nc3c(Cl)cccc3Cl)[nH]c2c([N+](=O)[O-])c1O. The number of halogens is 2. The van der Waals surface area contributed by atoms with Crippen LogP contribution in [-0.2, 0) is 4.74 Å². The third kappa shape index (κ3) is 2.98. The molecule has 11 heteroatoms. The van der Waals surface area contributed by atoms with Crippen LogP contribution in [0.2, 0.25) is 10.0 Å². The summed E-state index contributed by atoms with van der Waals surface area (Å²) in [6, 6.07) is 6.03. The number of methoxy groups -OCH3 is 1. The van der Waals surface area contributed by atoms with Gasteiger partial charge in [0.15, 0.2) is 5.52 Å². The molecule has 0 saturated heterocycles. The van der Waals surface area contributed by atoms with E-state index in [9.17, 15) is 20.0 Å². The number of rotatable bonds is 4. The molecule has 3 aromatic rings. The summed E-state index contributed by atoms with van der Waals surface area (Å²) in [4.78, 5) is 29.1. The van der Waals surface area contributed by atoms with Crippen molar-refractivity contribution in [3.8, 4) is 5.75 Å². The molecule has 0 fully saturated rings. The summed E-state index contributed by atoms with van der Waals surface area (Å²) in [5.41, 5.74) is -0.740. The Hall–Kier alpha value is -3.04. The number of aromatic nitrogens is 2. The molecule has 26 heavy (non-hydrogen) atoms. The van der Waals surface area contributed by atoms with Crippen molar-refractivity contribution in [1.29, 1.82) is 0 Å². The van der Waals surface area contributed by atoms with Crippen molar-refractivity contribution >= 4 is 57.5 Å². The van der Waals surface area contributed by atoms with Gasteiger partial charge in [-0.1, -0.05) is 29.3 Å². The molecule has 0 aliphatic carbocycles. The average molecular weight is 397 g/mol. The zero-order valence-corrected chi connectivity index (χ0v) is 14.6. The number of hydrogen-bond donors (Lipinski definition) is 3. The van der Waals surface area contributed by atoms with Gasteiger partial charge >= 0.3 is 11.7 Å². The van der Waals surface area contributed by atoms with E-state index in [1.807, 2.05) is 0 Å². The Morgan fingerprint density at radius 1 is 1.38 bits per heavy atom. The van der Waals surface area contributed by atoms with E-state index in [1.54, 1.807) is 18.2 Å². The molecule has 1 heterocycles. The number of aromatic amines is 1. The first kappa shape index (κ1) is 17.8. The van der Waals surface area contributed by atoms with Gasteiger partial charge in [0.1, 0.15) is 5.56 Å². The number of para-hydroxylation sites is 1. The van der Waals surface area contributed by atoms with Gasteiger partial charge in [0, 0.05) is 0 Å². The van der Waals surface area contributed by atoms with Crippen LogP contribution in [0.5, 0.6) is 5.75 Å². The molecule has 0 atom stereocenters. The van der Waals surface area contributed by atoms with Crippen molar-refractivity contribution < 1.29 is 19.6 Å². The number of phenols is 1. The molecule has 2 aromatic carbocycles. The van der Waals surface area contributed by atoms with E-state index >= 15 is 0 Å². The topological polar surface area (TPSA) is 130 Å². The van der Waals surface area contributed by atoms with E-state index in [1.165, 1.54) is 6.07 Å². The van der Waals surface area contributed by atoms with Crippen LogP contribution in [0.4, 0.5) is 17.3 Å². The van der Waals surface area contributed by atoms with Crippen LogP contribution in [0.25, 0.3) is 11.0 Å². The molecule has 3 rings (SSSR count). The Balaban J connectivity index is 2.18. The van der Waals surface area contributed by atoms with Crippen LogP contribution in [0.1, 0.15) is 10.4 Å². The highest BCUT2D eigenvalue weighted by atomic mass is 35.5. The molecule has 0 unspecified atom stereocenters. The molecular formula is C15H10Cl2N4O5. The number of benzene rings is 2. The van der Waals surface area contributed by atoms with E-state index < -0.39 is 22.3 Å². The van der Waals surface area contributed by atoms with Gasteiger partial charge in [-0.05, 0) is 18.2 Å². The minimum atomic E-state index is -0.931. The molecule has 9 nitrogen and oxygen atoms in total. The second-order valence-corrected chi connectivity index (χ2v) is 5.89. The zero-order chi connectivity index (χ0) is 19.0. The maximum Gasteiger partial charge on any atom is 0.341 e. The number of nitro groups is 1. The van der Waals surface area contributed by atoms with Crippen LogP contribution in [0.3, 0.4) is 0 Å². The number of nitrogens with zero attached hydrogens (tertiary/aromatic N) is 2. The Morgan fingerprint density at radius 2 is 2.04 bits per heavy atom. The molecule has 0 aliphatic rings. The number of aromatic hydroxyl groups is 1. The van der Waals surface area contributed by atoms with E-state index in [0.717, 1.165) is 7.11 Å². The number of phenolic OH excluding ortho intramolecular Hbond substituents is 1. The number of nitro benzene ring substituents is 1. The molecule has 0 bridgehead atoms. The van der Waals surface area contributed by atoms with Crippen molar-refractivity contribution in [2.75, 3.05) is 12.4 Å². The molecular weight excluding hydrogens is 387 g/mol. The molecule has 0 spiro atoms. The van der Waals surface area contributed by atoms with E-state index in [4.69, 9.17) is 23.2 Å². The highest BCUT2D eigenvalue weighted by Crippen LogP contribution is 2.39. The fraction of sp³-hybridized carbons (Fsp3) is 0.0667. The van der Waals surface area contributed by atoms with Crippen molar-refractivity contribution in [1.82, 2.24) is 9.97 Å². The van der Waals surface area contributed by atoms with Gasteiger partial charge in [-0.2, -0.15) is 0 Å². The number of anilines is 2. The average Bonchev–Trinajstić information content (AvgIpc) is 2.98. The first-order chi connectivity index (χ1) is 12.3. The minimum absolute atomic E-state index is 0.0700. The van der Waals surface area contributed by atoms with Gasteiger partial charge in [0.25, 0.3) is 0 Å². The number of imidazole rings is 1. The predicted octanol–water partition coefficient (Wildman–Crippen LogP) is 4.01. The first-order valence-electron chi connectivity index (χ1n) is 7.03. The van der Waals surface area contributed by atoms with Crippen molar-refractivity contribution in [3.05, 3.63) is 50.0 Å². The van der Waals surface area contributed by atoms with E-state index in [2.05, 4.69) is 20.0 Å². The van der Waals surface area contributed by atoms with Crippen LogP contribution in [-0.4, -0.2) is 33.1 Å². The van der Waals surface area contributed by atoms with Crippen LogP contribution in [0.15, 0.2) is 24.3 Å². The summed E-state index contributed by atoms with van der Waals surface area (Å²) in [5, 5.41) is 24.9. The smallest absolute Gasteiger partial charge is 0.341 e. The van der Waals surface area contributed by atoms with Crippen LogP contribution in [0, 0.1) is 10.1 Å². The Kier molecular flexibility index (Phi) is 4.58. The normalized spacial score (nSPS) is 10.7. The summed E-state index contributed by atoms with van der Waals surface area (Å²) in [7, 11) is 1.09. The Bertz CT molecular complexity index is 1030. The lowest BCUT2D eigenvalue weighted by Crippen LogP contribution is -2.03. The summed E-state index contributed by atoms with van der Waals surface area (Å²) in [6.07, 6.45) is 0. The maximum atomic E-state index is 11.7. The molecule has 1 aromatic heterocycles. The monoisotopic (exact) mass is 396 g/mol. The van der Waals surface area contributed by atoms with Gasteiger partial charge in [0.2, 0.25) is 11.7 Å². The minimum Gasteiger partial charge on any atom is -0.501 e. The van der Waals surface area contributed by atoms with Crippen LogP contribution < -0.4 is 5.32 Å². The van der Waals surface area contributed by atoms with Crippen LogP contribution >= 0.6 is 23.2 Å². The van der Waals surface area contributed by atoms with Crippen molar-refractivity contribution in [2.45, 2.75) is 0 Å². The van der Waals surface area contributed by atoms with E-state index in [-0.39, 0.29) is 22.5 Å². The van der Waals surface area contributed by atoms with Gasteiger partial charge in [0.05, 0.1) is 33.3 Å². The number of nitrogens with one attached hydrogen (secondary N) is 2. The lowest BCUT2D eigenvalue weighted by Gasteiger charge is -2.06. The number of esters is 1. The third-order valence-corrected chi connectivity index (χ3v) is 4.15. The molecule has 0 amide bonds. The number of hydrogen-bond acceptors (Lipinski definition) is 7. The quantitative estimate of drug-likeness (QED) is 0.344.